The lowest BCUT2D eigenvalue weighted by atomic mass is 10.1. The zero-order valence-corrected chi connectivity index (χ0v) is 9.73. The molecule has 1 fully saturated rings. The standard InChI is InChI=1S/C11H18N2S/c1-8(2)5-10-11(14-7-13-10)6-12-9-3-4-9/h7-9,12H,3-6H2,1-2H3. The van der Waals surface area contributed by atoms with Crippen molar-refractivity contribution in [3.8, 4) is 0 Å². The van der Waals surface area contributed by atoms with Crippen LogP contribution in [0.4, 0.5) is 0 Å². The normalized spacial score (nSPS) is 16.5. The van der Waals surface area contributed by atoms with Crippen LogP contribution in [0.15, 0.2) is 5.51 Å². The molecule has 78 valence electrons. The second-order valence-electron chi connectivity index (χ2n) is 4.48. The maximum atomic E-state index is 4.43. The molecule has 14 heavy (non-hydrogen) atoms. The number of nitrogens with one attached hydrogen (secondary N) is 1. The van der Waals surface area contributed by atoms with Crippen LogP contribution in [0.2, 0.25) is 0 Å². The number of hydrogen-bond donors (Lipinski definition) is 1. The summed E-state index contributed by atoms with van der Waals surface area (Å²) in [4.78, 5) is 5.87. The summed E-state index contributed by atoms with van der Waals surface area (Å²) in [6.07, 6.45) is 3.84. The number of nitrogens with zero attached hydrogens (tertiary/aromatic N) is 1. The van der Waals surface area contributed by atoms with E-state index in [9.17, 15) is 0 Å². The maximum Gasteiger partial charge on any atom is 0.0798 e. The van der Waals surface area contributed by atoms with Crippen molar-refractivity contribution in [3.63, 3.8) is 0 Å². The summed E-state index contributed by atoms with van der Waals surface area (Å²) < 4.78 is 0. The lowest BCUT2D eigenvalue weighted by Gasteiger charge is -2.05. The van der Waals surface area contributed by atoms with Crippen LogP contribution >= 0.6 is 11.3 Å². The van der Waals surface area contributed by atoms with E-state index in [1.165, 1.54) is 23.4 Å². The third-order valence-corrected chi connectivity index (χ3v) is 3.33. The monoisotopic (exact) mass is 210 g/mol. The van der Waals surface area contributed by atoms with Crippen LogP contribution in [0.3, 0.4) is 0 Å². The minimum absolute atomic E-state index is 0.705. The predicted octanol–water partition coefficient (Wildman–Crippen LogP) is 2.59. The highest BCUT2D eigenvalue weighted by molar-refractivity contribution is 7.09. The average Bonchev–Trinajstić information content (AvgIpc) is 2.85. The van der Waals surface area contributed by atoms with E-state index < -0.39 is 0 Å². The van der Waals surface area contributed by atoms with Gasteiger partial charge in [0.25, 0.3) is 0 Å². The van der Waals surface area contributed by atoms with Gasteiger partial charge in [-0.05, 0) is 25.2 Å². The van der Waals surface area contributed by atoms with Gasteiger partial charge in [-0.25, -0.2) is 4.98 Å². The molecule has 0 atom stereocenters. The molecule has 2 nitrogen and oxygen atoms in total. The van der Waals surface area contributed by atoms with Crippen LogP contribution < -0.4 is 5.32 Å². The molecular formula is C11H18N2S. The van der Waals surface area contributed by atoms with Crippen molar-refractivity contribution < 1.29 is 0 Å². The van der Waals surface area contributed by atoms with Crippen molar-refractivity contribution >= 4 is 11.3 Å². The zero-order valence-electron chi connectivity index (χ0n) is 8.92. The second-order valence-corrected chi connectivity index (χ2v) is 5.41. The molecule has 0 aliphatic heterocycles. The molecule has 0 unspecified atom stereocenters. The molecule has 3 heteroatoms. The topological polar surface area (TPSA) is 24.9 Å². The third-order valence-electron chi connectivity index (χ3n) is 2.46. The zero-order chi connectivity index (χ0) is 9.97. The molecule has 1 N–H and O–H groups in total. The van der Waals surface area contributed by atoms with Gasteiger partial charge < -0.3 is 5.32 Å². The Hall–Kier alpha value is -0.410. The van der Waals surface area contributed by atoms with Crippen LogP contribution in [-0.2, 0) is 13.0 Å². The lowest BCUT2D eigenvalue weighted by molar-refractivity contribution is 0.624. The van der Waals surface area contributed by atoms with E-state index in [-0.39, 0.29) is 0 Å². The lowest BCUT2D eigenvalue weighted by Crippen LogP contribution is -2.15. The minimum atomic E-state index is 0.705. The summed E-state index contributed by atoms with van der Waals surface area (Å²) in [6, 6.07) is 0.795. The first kappa shape index (κ1) is 10.1. The molecule has 0 bridgehead atoms. The maximum absolute atomic E-state index is 4.43. The molecule has 1 saturated carbocycles. The largest absolute Gasteiger partial charge is 0.309 e. The Labute approximate surface area is 89.8 Å². The number of hydrogen-bond acceptors (Lipinski definition) is 3. The first-order valence-corrected chi connectivity index (χ1v) is 6.28. The van der Waals surface area contributed by atoms with Crippen molar-refractivity contribution in [2.45, 2.75) is 45.7 Å². The molecule has 1 aromatic rings. The van der Waals surface area contributed by atoms with Crippen LogP contribution in [0.1, 0.15) is 37.3 Å². The summed E-state index contributed by atoms with van der Waals surface area (Å²) in [5.41, 5.74) is 3.28. The average molecular weight is 210 g/mol. The first-order chi connectivity index (χ1) is 6.75. The predicted molar refractivity (Wildman–Crippen MR) is 60.5 cm³/mol. The fourth-order valence-corrected chi connectivity index (χ4v) is 2.26. The Bertz CT molecular complexity index is 289. The molecule has 2 rings (SSSR count). The SMILES string of the molecule is CC(C)Cc1ncsc1CNC1CC1. The third kappa shape index (κ3) is 2.79. The molecule has 0 saturated heterocycles. The van der Waals surface area contributed by atoms with Crippen molar-refractivity contribution in [2.24, 2.45) is 5.92 Å². The smallest absolute Gasteiger partial charge is 0.0798 e. The highest BCUT2D eigenvalue weighted by atomic mass is 32.1. The molecule has 0 amide bonds. The molecule has 0 spiro atoms. The first-order valence-electron chi connectivity index (χ1n) is 5.40. The van der Waals surface area contributed by atoms with E-state index in [1.54, 1.807) is 11.3 Å². The van der Waals surface area contributed by atoms with E-state index >= 15 is 0 Å². The molecule has 1 aliphatic rings. The van der Waals surface area contributed by atoms with Crippen molar-refractivity contribution in [2.75, 3.05) is 0 Å². The number of aromatic nitrogens is 1. The highest BCUT2D eigenvalue weighted by Gasteiger charge is 2.20. The molecule has 0 radical (unpaired) electrons. The van der Waals surface area contributed by atoms with Gasteiger partial charge in [-0.3, -0.25) is 0 Å². The van der Waals surface area contributed by atoms with Gasteiger partial charge in [0.2, 0.25) is 0 Å². The summed E-state index contributed by atoms with van der Waals surface area (Å²) in [7, 11) is 0. The molecule has 0 aromatic carbocycles. The molecule has 1 aromatic heterocycles. The van der Waals surface area contributed by atoms with Gasteiger partial charge in [-0.2, -0.15) is 0 Å². The second kappa shape index (κ2) is 4.41. The molecule has 1 aliphatic carbocycles. The van der Waals surface area contributed by atoms with Crippen LogP contribution in [0.25, 0.3) is 0 Å². The van der Waals surface area contributed by atoms with Gasteiger partial charge in [-0.15, -0.1) is 11.3 Å². The summed E-state index contributed by atoms with van der Waals surface area (Å²) in [5.74, 6) is 0.705. The van der Waals surface area contributed by atoms with E-state index in [0.29, 0.717) is 5.92 Å². The quantitative estimate of drug-likeness (QED) is 0.808. The Morgan fingerprint density at radius 2 is 2.36 bits per heavy atom. The Balaban J connectivity index is 1.90. The van der Waals surface area contributed by atoms with Gasteiger partial charge >= 0.3 is 0 Å². The van der Waals surface area contributed by atoms with E-state index in [0.717, 1.165) is 19.0 Å². The minimum Gasteiger partial charge on any atom is -0.309 e. The fourth-order valence-electron chi connectivity index (χ4n) is 1.52. The summed E-state index contributed by atoms with van der Waals surface area (Å²) in [6.45, 7) is 5.52. The van der Waals surface area contributed by atoms with Crippen molar-refractivity contribution in [1.82, 2.24) is 10.3 Å². The van der Waals surface area contributed by atoms with Crippen LogP contribution in [0, 0.1) is 5.92 Å². The summed E-state index contributed by atoms with van der Waals surface area (Å²) >= 11 is 1.79. The van der Waals surface area contributed by atoms with Gasteiger partial charge in [0.1, 0.15) is 0 Å². The van der Waals surface area contributed by atoms with Gasteiger partial charge in [0.15, 0.2) is 0 Å². The highest BCUT2D eigenvalue weighted by Crippen LogP contribution is 2.22. The number of rotatable bonds is 5. The molecule has 1 heterocycles. The van der Waals surface area contributed by atoms with Crippen molar-refractivity contribution in [1.29, 1.82) is 0 Å². The van der Waals surface area contributed by atoms with Gasteiger partial charge in [0, 0.05) is 17.5 Å². The Kier molecular flexibility index (Phi) is 3.19. The van der Waals surface area contributed by atoms with E-state index in [4.69, 9.17) is 0 Å². The number of thiazole rings is 1. The van der Waals surface area contributed by atoms with Crippen LogP contribution in [0.5, 0.6) is 0 Å². The van der Waals surface area contributed by atoms with Crippen LogP contribution in [-0.4, -0.2) is 11.0 Å². The fraction of sp³-hybridized carbons (Fsp3) is 0.727. The van der Waals surface area contributed by atoms with Gasteiger partial charge in [-0.1, -0.05) is 13.8 Å². The van der Waals surface area contributed by atoms with E-state index in [1.807, 2.05) is 5.51 Å². The van der Waals surface area contributed by atoms with E-state index in [2.05, 4.69) is 24.1 Å². The van der Waals surface area contributed by atoms with Crippen molar-refractivity contribution in [3.05, 3.63) is 16.1 Å². The summed E-state index contributed by atoms with van der Waals surface area (Å²) in [5, 5.41) is 3.54. The Morgan fingerprint density at radius 3 is 3.00 bits per heavy atom. The molecular weight excluding hydrogens is 192 g/mol. The van der Waals surface area contributed by atoms with Gasteiger partial charge in [0.05, 0.1) is 11.2 Å². The Morgan fingerprint density at radius 1 is 1.57 bits per heavy atom.